The first-order chi connectivity index (χ1) is 7.41. The molecular formula is C13H20N2O. The van der Waals surface area contributed by atoms with Crippen LogP contribution in [0.1, 0.15) is 31.9 Å². The van der Waals surface area contributed by atoms with Crippen molar-refractivity contribution in [2.24, 2.45) is 11.7 Å². The highest BCUT2D eigenvalue weighted by Crippen LogP contribution is 2.19. The van der Waals surface area contributed by atoms with Crippen LogP contribution < -0.4 is 10.5 Å². The highest BCUT2D eigenvalue weighted by molar-refractivity contribution is 5.96. The molecule has 1 aromatic carbocycles. The van der Waals surface area contributed by atoms with Gasteiger partial charge in [0, 0.05) is 5.56 Å². The van der Waals surface area contributed by atoms with Crippen LogP contribution in [-0.2, 0) is 0 Å². The van der Waals surface area contributed by atoms with E-state index in [1.165, 1.54) is 0 Å². The standard InChI is InChI=1S/C13H20N2O/c1-8(2)10(4)16-11-5-6-12(13(14)15)9(3)7-11/h5-8,10H,1-4H3,(H3,14,15). The fraction of sp³-hybridized carbons (Fsp3) is 0.462. The van der Waals surface area contributed by atoms with Crippen LogP contribution in [-0.4, -0.2) is 11.9 Å². The van der Waals surface area contributed by atoms with Gasteiger partial charge in [-0.1, -0.05) is 13.8 Å². The number of aryl methyl sites for hydroxylation is 1. The van der Waals surface area contributed by atoms with Gasteiger partial charge in [-0.3, -0.25) is 5.41 Å². The van der Waals surface area contributed by atoms with Gasteiger partial charge in [0.25, 0.3) is 0 Å². The number of benzene rings is 1. The minimum absolute atomic E-state index is 0.0981. The van der Waals surface area contributed by atoms with Crippen LogP contribution in [0, 0.1) is 18.3 Å². The van der Waals surface area contributed by atoms with Gasteiger partial charge in [-0.2, -0.15) is 0 Å². The van der Waals surface area contributed by atoms with E-state index >= 15 is 0 Å². The number of amidine groups is 1. The van der Waals surface area contributed by atoms with Crippen LogP contribution in [0.2, 0.25) is 0 Å². The van der Waals surface area contributed by atoms with Gasteiger partial charge < -0.3 is 10.5 Å². The van der Waals surface area contributed by atoms with E-state index in [1.54, 1.807) is 0 Å². The van der Waals surface area contributed by atoms with E-state index in [1.807, 2.05) is 25.1 Å². The summed E-state index contributed by atoms with van der Waals surface area (Å²) < 4.78 is 5.78. The van der Waals surface area contributed by atoms with Crippen molar-refractivity contribution in [2.75, 3.05) is 0 Å². The zero-order chi connectivity index (χ0) is 12.3. The highest BCUT2D eigenvalue weighted by atomic mass is 16.5. The van der Waals surface area contributed by atoms with E-state index in [4.69, 9.17) is 15.9 Å². The smallest absolute Gasteiger partial charge is 0.123 e. The molecule has 0 saturated carbocycles. The summed E-state index contributed by atoms with van der Waals surface area (Å²) in [5.74, 6) is 1.41. The molecule has 3 nitrogen and oxygen atoms in total. The molecule has 88 valence electrons. The minimum Gasteiger partial charge on any atom is -0.490 e. The van der Waals surface area contributed by atoms with Gasteiger partial charge in [0.1, 0.15) is 11.6 Å². The van der Waals surface area contributed by atoms with Gasteiger partial charge in [0.05, 0.1) is 6.10 Å². The fourth-order valence-electron chi connectivity index (χ4n) is 1.36. The van der Waals surface area contributed by atoms with Crippen molar-refractivity contribution in [3.05, 3.63) is 29.3 Å². The maximum Gasteiger partial charge on any atom is 0.123 e. The van der Waals surface area contributed by atoms with Crippen LogP contribution in [0.3, 0.4) is 0 Å². The van der Waals surface area contributed by atoms with Crippen molar-refractivity contribution in [1.29, 1.82) is 5.41 Å². The molecule has 1 aromatic rings. The van der Waals surface area contributed by atoms with Crippen molar-refractivity contribution in [3.8, 4) is 5.75 Å². The second-order valence-corrected chi connectivity index (χ2v) is 4.46. The molecule has 0 aliphatic heterocycles. The van der Waals surface area contributed by atoms with Gasteiger partial charge in [0.2, 0.25) is 0 Å². The molecule has 0 bridgehead atoms. The van der Waals surface area contributed by atoms with Gasteiger partial charge >= 0.3 is 0 Å². The molecule has 1 atom stereocenters. The molecule has 16 heavy (non-hydrogen) atoms. The maximum absolute atomic E-state index is 7.39. The Morgan fingerprint density at radius 1 is 1.31 bits per heavy atom. The molecule has 0 radical (unpaired) electrons. The largest absolute Gasteiger partial charge is 0.490 e. The SMILES string of the molecule is Cc1cc(OC(C)C(C)C)ccc1C(=N)N. The van der Waals surface area contributed by atoms with Crippen molar-refractivity contribution in [3.63, 3.8) is 0 Å². The Balaban J connectivity index is 2.85. The normalized spacial score (nSPS) is 12.6. The zero-order valence-electron chi connectivity index (χ0n) is 10.4. The first-order valence-electron chi connectivity index (χ1n) is 5.53. The topological polar surface area (TPSA) is 59.1 Å². The zero-order valence-corrected chi connectivity index (χ0v) is 10.4. The molecule has 0 heterocycles. The first-order valence-corrected chi connectivity index (χ1v) is 5.53. The Labute approximate surface area is 97.1 Å². The molecule has 0 spiro atoms. The van der Waals surface area contributed by atoms with Gasteiger partial charge in [0.15, 0.2) is 0 Å². The van der Waals surface area contributed by atoms with Gasteiger partial charge in [-0.15, -0.1) is 0 Å². The summed E-state index contributed by atoms with van der Waals surface area (Å²) in [5, 5.41) is 7.39. The lowest BCUT2D eigenvalue weighted by Gasteiger charge is -2.18. The minimum atomic E-state index is 0.0981. The molecule has 0 fully saturated rings. The number of ether oxygens (including phenoxy) is 1. The van der Waals surface area contributed by atoms with E-state index in [0.717, 1.165) is 16.9 Å². The lowest BCUT2D eigenvalue weighted by Crippen LogP contribution is -2.19. The molecule has 0 aliphatic carbocycles. The van der Waals surface area contributed by atoms with E-state index in [9.17, 15) is 0 Å². The predicted molar refractivity (Wildman–Crippen MR) is 67.1 cm³/mol. The van der Waals surface area contributed by atoms with E-state index in [0.29, 0.717) is 5.92 Å². The van der Waals surface area contributed by atoms with Crippen LogP contribution in [0.4, 0.5) is 0 Å². The van der Waals surface area contributed by atoms with E-state index in [2.05, 4.69) is 20.8 Å². The van der Waals surface area contributed by atoms with E-state index in [-0.39, 0.29) is 11.9 Å². The third kappa shape index (κ3) is 2.99. The summed E-state index contributed by atoms with van der Waals surface area (Å²) in [6.07, 6.45) is 0.183. The van der Waals surface area contributed by atoms with Crippen LogP contribution in [0.5, 0.6) is 5.75 Å². The summed E-state index contributed by atoms with van der Waals surface area (Å²) in [4.78, 5) is 0. The van der Waals surface area contributed by atoms with Crippen molar-refractivity contribution in [2.45, 2.75) is 33.8 Å². The second-order valence-electron chi connectivity index (χ2n) is 4.46. The summed E-state index contributed by atoms with van der Waals surface area (Å²) in [7, 11) is 0. The number of nitrogens with two attached hydrogens (primary N) is 1. The van der Waals surface area contributed by atoms with Crippen molar-refractivity contribution in [1.82, 2.24) is 0 Å². The molecule has 1 unspecified atom stereocenters. The Kier molecular flexibility index (Phi) is 3.93. The van der Waals surface area contributed by atoms with Crippen LogP contribution in [0.25, 0.3) is 0 Å². The van der Waals surface area contributed by atoms with Crippen LogP contribution in [0.15, 0.2) is 18.2 Å². The molecule has 0 aliphatic rings. The summed E-state index contributed by atoms with van der Waals surface area (Å²) in [5.41, 5.74) is 7.20. The lowest BCUT2D eigenvalue weighted by atomic mass is 10.1. The average molecular weight is 220 g/mol. The van der Waals surface area contributed by atoms with Gasteiger partial charge in [-0.25, -0.2) is 0 Å². The van der Waals surface area contributed by atoms with Crippen molar-refractivity contribution >= 4 is 5.84 Å². The first kappa shape index (κ1) is 12.6. The lowest BCUT2D eigenvalue weighted by molar-refractivity contribution is 0.170. The summed E-state index contributed by atoms with van der Waals surface area (Å²) in [6, 6.07) is 5.62. The fourth-order valence-corrected chi connectivity index (χ4v) is 1.36. The van der Waals surface area contributed by atoms with Crippen molar-refractivity contribution < 1.29 is 4.74 Å². The molecule has 0 saturated heterocycles. The number of hydrogen-bond acceptors (Lipinski definition) is 2. The number of hydrogen-bond donors (Lipinski definition) is 2. The third-order valence-corrected chi connectivity index (χ3v) is 2.75. The number of rotatable bonds is 4. The molecular weight excluding hydrogens is 200 g/mol. The van der Waals surface area contributed by atoms with E-state index < -0.39 is 0 Å². The predicted octanol–water partition coefficient (Wildman–Crippen LogP) is 2.70. The van der Waals surface area contributed by atoms with Crippen LogP contribution >= 0.6 is 0 Å². The molecule has 0 amide bonds. The average Bonchev–Trinajstić information content (AvgIpc) is 2.16. The molecule has 0 aromatic heterocycles. The quantitative estimate of drug-likeness (QED) is 0.605. The number of nitrogens with one attached hydrogen (secondary N) is 1. The Bertz CT molecular complexity index is 386. The maximum atomic E-state index is 7.39. The summed E-state index contributed by atoms with van der Waals surface area (Å²) in [6.45, 7) is 8.24. The third-order valence-electron chi connectivity index (χ3n) is 2.75. The molecule has 3 heteroatoms. The Morgan fingerprint density at radius 3 is 2.38 bits per heavy atom. The molecule has 1 rings (SSSR count). The second kappa shape index (κ2) is 5.01. The summed E-state index contributed by atoms with van der Waals surface area (Å²) >= 11 is 0. The molecule has 3 N–H and O–H groups in total. The Hall–Kier alpha value is -1.51. The highest BCUT2D eigenvalue weighted by Gasteiger charge is 2.10. The monoisotopic (exact) mass is 220 g/mol. The number of nitrogen functional groups attached to an aromatic ring is 1. The van der Waals surface area contributed by atoms with Gasteiger partial charge in [-0.05, 0) is 43.5 Å². The Morgan fingerprint density at radius 2 is 1.94 bits per heavy atom.